The van der Waals surface area contributed by atoms with Crippen molar-refractivity contribution in [1.29, 1.82) is 0 Å². The minimum absolute atomic E-state index is 0.133. The van der Waals surface area contributed by atoms with Crippen LogP contribution in [0.15, 0.2) is 0 Å². The quantitative estimate of drug-likeness (QED) is 0.0472. The predicted octanol–water partition coefficient (Wildman–Crippen LogP) is 7.25. The van der Waals surface area contributed by atoms with Gasteiger partial charge in [0.1, 0.15) is 13.2 Å². The van der Waals surface area contributed by atoms with Crippen molar-refractivity contribution >= 4 is 11.9 Å². The Bertz CT molecular complexity index is 666. The number of carbonyl (C=O) groups is 2. The fraction of sp³-hybridized carbons (Fsp3) is 0.947. The van der Waals surface area contributed by atoms with E-state index in [0.29, 0.717) is 105 Å². The Balaban J connectivity index is 3.15. The third-order valence-corrected chi connectivity index (χ3v) is 7.68. The molecular weight excluding hydrogens is 632 g/mol. The van der Waals surface area contributed by atoms with Crippen molar-refractivity contribution in [3.63, 3.8) is 0 Å². The molecule has 11 nitrogen and oxygen atoms in total. The van der Waals surface area contributed by atoms with E-state index in [-0.39, 0.29) is 25.2 Å². The maximum atomic E-state index is 11.9. The van der Waals surface area contributed by atoms with Gasteiger partial charge in [-0.1, -0.05) is 104 Å². The first-order chi connectivity index (χ1) is 24.2. The second-order valence-electron chi connectivity index (χ2n) is 12.2. The molecule has 0 aliphatic carbocycles. The molecule has 11 heteroatoms. The highest BCUT2D eigenvalue weighted by Gasteiger charge is 2.04. The van der Waals surface area contributed by atoms with Gasteiger partial charge in [-0.2, -0.15) is 0 Å². The van der Waals surface area contributed by atoms with Gasteiger partial charge >= 0.3 is 11.9 Å². The van der Waals surface area contributed by atoms with Crippen LogP contribution in [-0.2, 0) is 52.2 Å². The number of carbonyl (C=O) groups excluding carboxylic acids is 2. The Morgan fingerprint density at radius 2 is 0.490 bits per heavy atom. The molecule has 292 valence electrons. The summed E-state index contributed by atoms with van der Waals surface area (Å²) < 4.78 is 48.5. The molecule has 49 heavy (non-hydrogen) atoms. The van der Waals surface area contributed by atoms with Crippen molar-refractivity contribution in [2.24, 2.45) is 0 Å². The molecular formula is C38H74O11. The van der Waals surface area contributed by atoms with E-state index in [9.17, 15) is 9.59 Å². The van der Waals surface area contributed by atoms with Crippen molar-refractivity contribution in [2.45, 2.75) is 129 Å². The summed E-state index contributed by atoms with van der Waals surface area (Å²) in [5.41, 5.74) is 0. The Morgan fingerprint density at radius 1 is 0.286 bits per heavy atom. The Kier molecular flexibility index (Phi) is 41.7. The molecule has 0 bridgehead atoms. The first-order valence-corrected chi connectivity index (χ1v) is 19.6. The molecule has 0 aromatic rings. The first-order valence-electron chi connectivity index (χ1n) is 19.6. The molecule has 0 aromatic carbocycles. The molecule has 0 aliphatic heterocycles. The van der Waals surface area contributed by atoms with Crippen LogP contribution >= 0.6 is 0 Å². The van der Waals surface area contributed by atoms with Gasteiger partial charge in [0, 0.05) is 12.8 Å². The molecule has 0 spiro atoms. The van der Waals surface area contributed by atoms with Crippen LogP contribution in [0.3, 0.4) is 0 Å². The van der Waals surface area contributed by atoms with E-state index in [0.717, 1.165) is 32.1 Å². The summed E-state index contributed by atoms with van der Waals surface area (Å²) in [4.78, 5) is 23.3. The molecule has 0 heterocycles. The van der Waals surface area contributed by atoms with Gasteiger partial charge in [0.2, 0.25) is 0 Å². The maximum Gasteiger partial charge on any atom is 0.305 e. The number of rotatable bonds is 42. The molecule has 0 atom stereocenters. The number of ether oxygens (including phenoxy) is 9. The van der Waals surface area contributed by atoms with Crippen molar-refractivity contribution in [3.05, 3.63) is 0 Å². The van der Waals surface area contributed by atoms with Crippen LogP contribution in [0.5, 0.6) is 0 Å². The molecule has 0 unspecified atom stereocenters. The second-order valence-corrected chi connectivity index (χ2v) is 12.2. The summed E-state index contributed by atoms with van der Waals surface area (Å²) in [6.45, 7) is 11.5. The van der Waals surface area contributed by atoms with Crippen molar-refractivity contribution in [1.82, 2.24) is 0 Å². The molecule has 0 fully saturated rings. The lowest BCUT2D eigenvalue weighted by Gasteiger charge is -2.09. The summed E-state index contributed by atoms with van der Waals surface area (Å²) in [6, 6.07) is 0. The molecule has 0 N–H and O–H groups in total. The van der Waals surface area contributed by atoms with Crippen LogP contribution in [0.2, 0.25) is 0 Å². The second kappa shape index (κ2) is 42.8. The van der Waals surface area contributed by atoms with Gasteiger partial charge in [-0.05, 0) is 12.8 Å². The highest BCUT2D eigenvalue weighted by Crippen LogP contribution is 2.13. The van der Waals surface area contributed by atoms with Gasteiger partial charge in [0.25, 0.3) is 0 Å². The topological polar surface area (TPSA) is 117 Å². The van der Waals surface area contributed by atoms with E-state index < -0.39 is 0 Å². The van der Waals surface area contributed by atoms with Crippen LogP contribution in [0.25, 0.3) is 0 Å². The number of hydrogen-bond donors (Lipinski definition) is 0. The molecule has 0 saturated carbocycles. The third kappa shape index (κ3) is 42.7. The van der Waals surface area contributed by atoms with E-state index in [1.165, 1.54) is 70.6 Å². The van der Waals surface area contributed by atoms with Crippen LogP contribution in [0.1, 0.15) is 129 Å². The van der Waals surface area contributed by atoms with Crippen LogP contribution < -0.4 is 0 Å². The van der Waals surface area contributed by atoms with Crippen LogP contribution in [0.4, 0.5) is 0 Å². The Labute approximate surface area is 299 Å². The molecule has 0 aliphatic rings. The molecule has 0 saturated heterocycles. The molecule has 0 amide bonds. The summed E-state index contributed by atoms with van der Waals surface area (Å²) in [6.07, 6.45) is 20.8. The van der Waals surface area contributed by atoms with E-state index >= 15 is 0 Å². The van der Waals surface area contributed by atoms with E-state index in [1.54, 1.807) is 0 Å². The minimum atomic E-state index is -0.159. The summed E-state index contributed by atoms with van der Waals surface area (Å²) in [5.74, 6) is -0.292. The molecule has 0 radical (unpaired) electrons. The summed E-state index contributed by atoms with van der Waals surface area (Å²) in [7, 11) is 0. The average molecular weight is 707 g/mol. The fourth-order valence-corrected chi connectivity index (χ4v) is 4.80. The predicted molar refractivity (Wildman–Crippen MR) is 192 cm³/mol. The zero-order valence-corrected chi connectivity index (χ0v) is 31.5. The summed E-state index contributed by atoms with van der Waals surface area (Å²) in [5, 5.41) is 0. The van der Waals surface area contributed by atoms with Gasteiger partial charge in [-0.25, -0.2) is 0 Å². The highest BCUT2D eigenvalue weighted by atomic mass is 16.6. The maximum absolute atomic E-state index is 11.9. The number of esters is 2. The fourth-order valence-electron chi connectivity index (χ4n) is 4.80. The van der Waals surface area contributed by atoms with E-state index in [4.69, 9.17) is 42.6 Å². The SMILES string of the molecule is CCCCCCCCCCCCCCCC(=O)OCCOCCOCCOCCOCCOCCOCCOCCOC(=O)CCCCC. The van der Waals surface area contributed by atoms with Gasteiger partial charge in [-0.3, -0.25) is 9.59 Å². The number of unbranched alkanes of at least 4 members (excludes halogenated alkanes) is 14. The van der Waals surface area contributed by atoms with Gasteiger partial charge in [0.05, 0.1) is 92.5 Å². The van der Waals surface area contributed by atoms with E-state index in [2.05, 4.69) is 13.8 Å². The molecule has 0 rings (SSSR count). The number of hydrogen-bond acceptors (Lipinski definition) is 11. The average Bonchev–Trinajstić information content (AvgIpc) is 3.10. The Hall–Kier alpha value is -1.34. The van der Waals surface area contributed by atoms with Gasteiger partial charge in [0.15, 0.2) is 0 Å². The highest BCUT2D eigenvalue weighted by molar-refractivity contribution is 5.69. The van der Waals surface area contributed by atoms with E-state index in [1.807, 2.05) is 0 Å². The minimum Gasteiger partial charge on any atom is -0.463 e. The first kappa shape index (κ1) is 47.7. The van der Waals surface area contributed by atoms with Crippen molar-refractivity contribution in [3.8, 4) is 0 Å². The van der Waals surface area contributed by atoms with Crippen LogP contribution in [-0.4, -0.2) is 118 Å². The zero-order chi connectivity index (χ0) is 35.6. The largest absolute Gasteiger partial charge is 0.463 e. The van der Waals surface area contributed by atoms with Crippen molar-refractivity contribution < 1.29 is 52.2 Å². The lowest BCUT2D eigenvalue weighted by Crippen LogP contribution is -2.15. The Morgan fingerprint density at radius 3 is 0.776 bits per heavy atom. The standard InChI is InChI=1S/C38H74O11/c1-3-5-7-8-9-10-11-12-13-14-15-16-18-20-38(40)49-36-34-47-32-30-45-28-26-43-24-22-41-21-23-42-25-27-44-29-31-46-33-35-48-37(39)19-17-6-4-2/h3-36H2,1-2H3. The zero-order valence-electron chi connectivity index (χ0n) is 31.5. The third-order valence-electron chi connectivity index (χ3n) is 7.68. The lowest BCUT2D eigenvalue weighted by atomic mass is 10.0. The van der Waals surface area contributed by atoms with Crippen LogP contribution in [0, 0.1) is 0 Å². The van der Waals surface area contributed by atoms with Crippen molar-refractivity contribution in [2.75, 3.05) is 106 Å². The lowest BCUT2D eigenvalue weighted by molar-refractivity contribution is -0.146. The van der Waals surface area contributed by atoms with Gasteiger partial charge in [-0.15, -0.1) is 0 Å². The smallest absolute Gasteiger partial charge is 0.305 e. The normalized spacial score (nSPS) is 11.3. The van der Waals surface area contributed by atoms with Gasteiger partial charge < -0.3 is 42.6 Å². The monoisotopic (exact) mass is 707 g/mol. The molecule has 0 aromatic heterocycles. The summed E-state index contributed by atoms with van der Waals surface area (Å²) >= 11 is 0.